The molecule has 1 saturated heterocycles. The second-order valence-corrected chi connectivity index (χ2v) is 3.17. The number of carbonyl (C=O) groups is 2. The Kier molecular flexibility index (Phi) is 3.13. The lowest BCUT2D eigenvalue weighted by Crippen LogP contribution is -2.52. The van der Waals surface area contributed by atoms with E-state index in [2.05, 4.69) is 20.1 Å². The van der Waals surface area contributed by atoms with Crippen molar-refractivity contribution in [1.82, 2.24) is 5.32 Å². The molecule has 0 bridgehead atoms. The predicted octanol–water partition coefficient (Wildman–Crippen LogP) is -0.911. The first-order valence-electron chi connectivity index (χ1n) is 4.15. The fourth-order valence-electron chi connectivity index (χ4n) is 1.44. The summed E-state index contributed by atoms with van der Waals surface area (Å²) in [5, 5.41) is 14.7. The van der Waals surface area contributed by atoms with E-state index in [9.17, 15) is 14.7 Å². The van der Waals surface area contributed by atoms with Crippen molar-refractivity contribution in [1.29, 1.82) is 0 Å². The molecular formula is C7H10N4O4. The molecule has 1 rings (SSSR count). The summed E-state index contributed by atoms with van der Waals surface area (Å²) in [6.07, 6.45) is -1.43. The van der Waals surface area contributed by atoms with Gasteiger partial charge in [0.2, 0.25) is 5.91 Å². The van der Waals surface area contributed by atoms with Crippen LogP contribution in [0.3, 0.4) is 0 Å². The highest BCUT2D eigenvalue weighted by Gasteiger charge is 2.49. The van der Waals surface area contributed by atoms with E-state index in [0.29, 0.717) is 0 Å². The van der Waals surface area contributed by atoms with E-state index in [0.717, 1.165) is 7.11 Å². The van der Waals surface area contributed by atoms with Crippen LogP contribution in [-0.4, -0.2) is 42.3 Å². The largest absolute Gasteiger partial charge is 0.467 e. The summed E-state index contributed by atoms with van der Waals surface area (Å²) in [5.41, 5.74) is 6.73. The molecule has 8 nitrogen and oxygen atoms in total. The van der Waals surface area contributed by atoms with Crippen molar-refractivity contribution in [3.8, 4) is 0 Å². The van der Waals surface area contributed by atoms with Crippen LogP contribution in [0.2, 0.25) is 0 Å². The number of aliphatic hydroxyl groups excluding tert-OH is 1. The number of carbonyl (C=O) groups excluding carboxylic acids is 2. The molecule has 0 aromatic carbocycles. The highest BCUT2D eigenvalue weighted by molar-refractivity contribution is 5.94. The number of amides is 1. The smallest absolute Gasteiger partial charge is 0.331 e. The number of ether oxygens (including phenoxy) is 1. The van der Waals surface area contributed by atoms with Crippen LogP contribution in [0.15, 0.2) is 5.11 Å². The minimum atomic E-state index is -1.43. The molecule has 2 N–H and O–H groups in total. The van der Waals surface area contributed by atoms with Crippen molar-refractivity contribution in [3.63, 3.8) is 0 Å². The third-order valence-corrected chi connectivity index (χ3v) is 2.19. The van der Waals surface area contributed by atoms with Gasteiger partial charge in [-0.15, -0.1) is 0 Å². The van der Waals surface area contributed by atoms with Crippen molar-refractivity contribution in [2.75, 3.05) is 13.7 Å². The van der Waals surface area contributed by atoms with Crippen LogP contribution in [0.5, 0.6) is 0 Å². The summed E-state index contributed by atoms with van der Waals surface area (Å²) in [6.45, 7) is -0.279. The van der Waals surface area contributed by atoms with Gasteiger partial charge in [0.15, 0.2) is 0 Å². The van der Waals surface area contributed by atoms with Crippen LogP contribution < -0.4 is 5.32 Å². The highest BCUT2D eigenvalue weighted by Crippen LogP contribution is 2.22. The lowest BCUT2D eigenvalue weighted by Gasteiger charge is -2.23. The summed E-state index contributed by atoms with van der Waals surface area (Å²) < 4.78 is 4.48. The predicted molar refractivity (Wildman–Crippen MR) is 47.5 cm³/mol. The zero-order valence-electron chi connectivity index (χ0n) is 8.01. The van der Waals surface area contributed by atoms with Gasteiger partial charge in [-0.1, -0.05) is 5.11 Å². The molecule has 1 heterocycles. The molecule has 0 radical (unpaired) electrons. The second-order valence-electron chi connectivity index (χ2n) is 3.17. The average molecular weight is 214 g/mol. The lowest BCUT2D eigenvalue weighted by atomic mass is 9.97. The molecule has 82 valence electrons. The fourth-order valence-corrected chi connectivity index (χ4v) is 1.44. The van der Waals surface area contributed by atoms with E-state index in [4.69, 9.17) is 5.53 Å². The van der Waals surface area contributed by atoms with Gasteiger partial charge in [0.1, 0.15) is 11.6 Å². The van der Waals surface area contributed by atoms with Crippen LogP contribution >= 0.6 is 0 Å². The minimum absolute atomic E-state index is 0.155. The van der Waals surface area contributed by atoms with Crippen molar-refractivity contribution in [3.05, 3.63) is 10.4 Å². The molecule has 2 atom stereocenters. The molecule has 0 saturated carbocycles. The zero-order valence-corrected chi connectivity index (χ0v) is 8.01. The zero-order chi connectivity index (χ0) is 11.5. The molecular weight excluding hydrogens is 204 g/mol. The van der Waals surface area contributed by atoms with Gasteiger partial charge in [-0.05, 0) is 5.53 Å². The highest BCUT2D eigenvalue weighted by atomic mass is 16.5. The number of hydrogen-bond donors (Lipinski definition) is 2. The molecule has 1 amide bonds. The molecule has 1 fully saturated rings. The number of azide groups is 1. The summed E-state index contributed by atoms with van der Waals surface area (Å²) >= 11 is 0. The quantitative estimate of drug-likeness (QED) is 0.273. The van der Waals surface area contributed by atoms with E-state index in [-0.39, 0.29) is 13.0 Å². The van der Waals surface area contributed by atoms with Crippen molar-refractivity contribution in [2.45, 2.75) is 18.1 Å². The van der Waals surface area contributed by atoms with Crippen LogP contribution in [0.25, 0.3) is 10.4 Å². The molecule has 0 spiro atoms. The lowest BCUT2D eigenvalue weighted by molar-refractivity contribution is -0.148. The van der Waals surface area contributed by atoms with E-state index >= 15 is 0 Å². The Balaban J connectivity index is 2.93. The second kappa shape index (κ2) is 4.16. The van der Waals surface area contributed by atoms with Crippen LogP contribution in [0.1, 0.15) is 6.42 Å². The van der Waals surface area contributed by atoms with E-state index in [1.54, 1.807) is 0 Å². The maximum absolute atomic E-state index is 11.4. The molecule has 0 aromatic rings. The van der Waals surface area contributed by atoms with Crippen LogP contribution in [0.4, 0.5) is 0 Å². The van der Waals surface area contributed by atoms with Gasteiger partial charge in [0, 0.05) is 11.3 Å². The van der Waals surface area contributed by atoms with Gasteiger partial charge < -0.3 is 15.2 Å². The standard InChI is InChI=1S/C7H10N4O4/c1-15-6(14)7(3-9-11-8)2-4(12)5(13)10-7/h4,12H,2-3H2,1H3,(H,10,13)/t4-,7-/m0/s1. The maximum Gasteiger partial charge on any atom is 0.331 e. The average Bonchev–Trinajstić information content (AvgIpc) is 2.52. The molecule has 0 aromatic heterocycles. The number of nitrogens with zero attached hydrogens (tertiary/aromatic N) is 3. The van der Waals surface area contributed by atoms with Crippen LogP contribution in [-0.2, 0) is 14.3 Å². The molecule has 15 heavy (non-hydrogen) atoms. The van der Waals surface area contributed by atoms with E-state index < -0.39 is 23.5 Å². The molecule has 0 aliphatic carbocycles. The number of methoxy groups -OCH3 is 1. The Morgan fingerprint density at radius 3 is 3.00 bits per heavy atom. The Morgan fingerprint density at radius 1 is 1.93 bits per heavy atom. The Bertz CT molecular complexity index is 334. The third-order valence-electron chi connectivity index (χ3n) is 2.19. The molecule has 8 heteroatoms. The van der Waals surface area contributed by atoms with Gasteiger partial charge in [-0.3, -0.25) is 4.79 Å². The van der Waals surface area contributed by atoms with Crippen molar-refractivity contribution >= 4 is 11.9 Å². The first kappa shape index (κ1) is 11.3. The summed E-state index contributed by atoms with van der Waals surface area (Å²) in [6, 6.07) is 0. The molecule has 0 unspecified atom stereocenters. The van der Waals surface area contributed by atoms with Gasteiger partial charge in [-0.25, -0.2) is 4.79 Å². The molecule has 1 aliphatic rings. The normalized spacial score (nSPS) is 29.2. The maximum atomic E-state index is 11.4. The Morgan fingerprint density at radius 2 is 2.60 bits per heavy atom. The Hall–Kier alpha value is -1.79. The van der Waals surface area contributed by atoms with Gasteiger partial charge in [-0.2, -0.15) is 0 Å². The van der Waals surface area contributed by atoms with Gasteiger partial charge in [0.25, 0.3) is 0 Å². The number of aliphatic hydroxyl groups is 1. The summed E-state index contributed by atoms with van der Waals surface area (Å²) in [5.74, 6) is -1.41. The van der Waals surface area contributed by atoms with E-state index in [1.807, 2.05) is 0 Å². The number of hydrogen-bond acceptors (Lipinski definition) is 5. The Labute approximate surface area is 84.8 Å². The number of rotatable bonds is 3. The number of esters is 1. The minimum Gasteiger partial charge on any atom is -0.467 e. The number of nitrogens with one attached hydrogen (secondary N) is 1. The topological polar surface area (TPSA) is 124 Å². The first-order chi connectivity index (χ1) is 7.05. The SMILES string of the molecule is COC(=O)[C@@]1(CN=[N+]=[N-])C[C@H](O)C(=O)N1. The van der Waals surface area contributed by atoms with Crippen molar-refractivity contribution < 1.29 is 19.4 Å². The third kappa shape index (κ3) is 2.00. The van der Waals surface area contributed by atoms with Crippen molar-refractivity contribution in [2.24, 2.45) is 5.11 Å². The van der Waals surface area contributed by atoms with Crippen LogP contribution in [0, 0.1) is 0 Å². The molecule has 1 aliphatic heterocycles. The summed E-state index contributed by atoms with van der Waals surface area (Å²) in [4.78, 5) is 25.0. The monoisotopic (exact) mass is 214 g/mol. The first-order valence-corrected chi connectivity index (χ1v) is 4.15. The summed E-state index contributed by atoms with van der Waals surface area (Å²) in [7, 11) is 1.15. The van der Waals surface area contributed by atoms with Gasteiger partial charge >= 0.3 is 5.97 Å². The fraction of sp³-hybridized carbons (Fsp3) is 0.714. The van der Waals surface area contributed by atoms with Gasteiger partial charge in [0.05, 0.1) is 13.7 Å². The van der Waals surface area contributed by atoms with E-state index in [1.165, 1.54) is 0 Å².